The van der Waals surface area contributed by atoms with E-state index in [1.54, 1.807) is 22.7 Å². The Kier molecular flexibility index (Phi) is 6.54. The van der Waals surface area contributed by atoms with Gasteiger partial charge in [0.2, 0.25) is 0 Å². The van der Waals surface area contributed by atoms with Gasteiger partial charge in [0.25, 0.3) is 0 Å². The van der Waals surface area contributed by atoms with Crippen LogP contribution < -0.4 is 0 Å². The van der Waals surface area contributed by atoms with Gasteiger partial charge in [0.05, 0.1) is 20.4 Å². The minimum Gasteiger partial charge on any atom is -0.236 e. The van der Waals surface area contributed by atoms with Gasteiger partial charge in [-0.15, -0.1) is 34.0 Å². The lowest BCUT2D eigenvalue weighted by atomic mass is 9.80. The highest BCUT2D eigenvalue weighted by atomic mass is 32.1. The van der Waals surface area contributed by atoms with Gasteiger partial charge in [0, 0.05) is 36.7 Å². The second-order valence-corrected chi connectivity index (χ2v) is 17.3. The van der Waals surface area contributed by atoms with E-state index in [2.05, 4.69) is 159 Å². The SMILES string of the molecule is CC1(C)c2cc(-c3cccc(-c4cc(-c5nc6ccccc6s5)cc(-c5nc6ccccc6s5)c4)c3)ccc2-c2ccc3sc4ccccc4c3c21. The van der Waals surface area contributed by atoms with E-state index in [0.717, 1.165) is 37.7 Å². The maximum absolute atomic E-state index is 5.06. The first-order chi connectivity index (χ1) is 25.5. The van der Waals surface area contributed by atoms with Crippen LogP contribution in [0.3, 0.4) is 0 Å². The van der Waals surface area contributed by atoms with Gasteiger partial charge >= 0.3 is 0 Å². The van der Waals surface area contributed by atoms with Crippen molar-refractivity contribution in [2.45, 2.75) is 19.3 Å². The highest BCUT2D eigenvalue weighted by Gasteiger charge is 2.38. The van der Waals surface area contributed by atoms with Crippen LogP contribution in [-0.4, -0.2) is 9.97 Å². The van der Waals surface area contributed by atoms with Crippen LogP contribution in [0.15, 0.2) is 146 Å². The predicted molar refractivity (Wildman–Crippen MR) is 225 cm³/mol. The van der Waals surface area contributed by atoms with Crippen molar-refractivity contribution in [3.8, 4) is 54.5 Å². The fourth-order valence-electron chi connectivity index (χ4n) is 8.21. The molecule has 7 aromatic carbocycles. The molecule has 0 aliphatic heterocycles. The van der Waals surface area contributed by atoms with Crippen LogP contribution in [0.2, 0.25) is 0 Å². The number of aromatic nitrogens is 2. The molecule has 0 saturated carbocycles. The van der Waals surface area contributed by atoms with Crippen molar-refractivity contribution >= 4 is 74.6 Å². The Morgan fingerprint density at radius 1 is 0.423 bits per heavy atom. The molecule has 2 nitrogen and oxygen atoms in total. The first-order valence-electron chi connectivity index (χ1n) is 17.6. The van der Waals surface area contributed by atoms with Gasteiger partial charge in [-0.2, -0.15) is 0 Å². The van der Waals surface area contributed by atoms with E-state index in [1.807, 2.05) is 11.3 Å². The van der Waals surface area contributed by atoms with E-state index in [4.69, 9.17) is 9.97 Å². The molecular formula is C47H30N2S3. The summed E-state index contributed by atoms with van der Waals surface area (Å²) in [6, 6.07) is 53.3. The standard InChI is InChI=1S/C47H30N2S3/c1-47(2)36-26-29(18-19-33(36)34-20-21-42-43(44(34)47)35-12-3-6-15-39(35)50-42)27-10-9-11-28(22-27)30-23-31(45-48-37-13-4-7-16-40(37)51-45)25-32(24-30)46-49-38-14-5-8-17-41(38)52-46/h3-26H,1-2H3. The van der Waals surface area contributed by atoms with Crippen LogP contribution in [-0.2, 0) is 5.41 Å². The summed E-state index contributed by atoms with van der Waals surface area (Å²) in [5.41, 5.74) is 14.5. The first-order valence-corrected chi connectivity index (χ1v) is 20.0. The monoisotopic (exact) mass is 718 g/mol. The molecule has 1 aliphatic carbocycles. The average Bonchev–Trinajstić information content (AvgIpc) is 3.96. The number of para-hydroxylation sites is 2. The van der Waals surface area contributed by atoms with Crippen LogP contribution in [0, 0.1) is 0 Å². The van der Waals surface area contributed by atoms with E-state index < -0.39 is 0 Å². The number of thiazole rings is 2. The molecule has 52 heavy (non-hydrogen) atoms. The summed E-state index contributed by atoms with van der Waals surface area (Å²) in [5, 5.41) is 4.83. The fraction of sp³-hybridized carbons (Fsp3) is 0.0638. The zero-order chi connectivity index (χ0) is 34.6. The van der Waals surface area contributed by atoms with Gasteiger partial charge in [-0.1, -0.05) is 92.7 Å². The zero-order valence-electron chi connectivity index (χ0n) is 28.5. The van der Waals surface area contributed by atoms with Gasteiger partial charge < -0.3 is 0 Å². The third-order valence-electron chi connectivity index (χ3n) is 10.7. The molecule has 0 N–H and O–H groups in total. The number of nitrogens with zero attached hydrogens (tertiary/aromatic N) is 2. The number of hydrogen-bond acceptors (Lipinski definition) is 5. The second kappa shape index (κ2) is 11.3. The molecular weight excluding hydrogens is 689 g/mol. The normalized spacial score (nSPS) is 13.3. The van der Waals surface area contributed by atoms with E-state index in [0.29, 0.717) is 0 Å². The molecule has 10 aromatic rings. The molecule has 0 bridgehead atoms. The topological polar surface area (TPSA) is 25.8 Å². The summed E-state index contributed by atoms with van der Waals surface area (Å²) in [4.78, 5) is 10.1. The minimum absolute atomic E-state index is 0.126. The Balaban J connectivity index is 1.04. The number of rotatable bonds is 4. The highest BCUT2D eigenvalue weighted by Crippen LogP contribution is 2.54. The van der Waals surface area contributed by atoms with Gasteiger partial charge in [-0.3, -0.25) is 0 Å². The van der Waals surface area contributed by atoms with Crippen molar-refractivity contribution in [3.63, 3.8) is 0 Å². The molecule has 11 rings (SSSR count). The molecule has 3 heterocycles. The van der Waals surface area contributed by atoms with Crippen LogP contribution in [0.25, 0.3) is 95.1 Å². The highest BCUT2D eigenvalue weighted by molar-refractivity contribution is 7.26. The smallest absolute Gasteiger partial charge is 0.124 e. The van der Waals surface area contributed by atoms with E-state index in [-0.39, 0.29) is 5.41 Å². The molecule has 0 amide bonds. The lowest BCUT2D eigenvalue weighted by Crippen LogP contribution is -2.15. The number of benzene rings is 7. The summed E-state index contributed by atoms with van der Waals surface area (Å²) >= 11 is 5.39. The molecule has 0 atom stereocenters. The van der Waals surface area contributed by atoms with Crippen molar-refractivity contribution in [1.82, 2.24) is 9.97 Å². The molecule has 0 radical (unpaired) electrons. The van der Waals surface area contributed by atoms with Crippen molar-refractivity contribution in [2.24, 2.45) is 0 Å². The fourth-order valence-corrected chi connectivity index (χ4v) is 11.2. The first kappa shape index (κ1) is 30.2. The second-order valence-electron chi connectivity index (χ2n) is 14.2. The van der Waals surface area contributed by atoms with Gasteiger partial charge in [0.15, 0.2) is 0 Å². The Bertz CT molecular complexity index is 2910. The quantitative estimate of drug-likeness (QED) is 0.181. The van der Waals surface area contributed by atoms with Crippen LogP contribution in [0.4, 0.5) is 0 Å². The molecule has 3 aromatic heterocycles. The lowest BCUT2D eigenvalue weighted by Gasteiger charge is -2.23. The maximum Gasteiger partial charge on any atom is 0.124 e. The van der Waals surface area contributed by atoms with Crippen molar-refractivity contribution in [3.05, 3.63) is 157 Å². The number of thiophene rings is 1. The Hall–Kier alpha value is -5.46. The van der Waals surface area contributed by atoms with Crippen LogP contribution >= 0.6 is 34.0 Å². The average molecular weight is 719 g/mol. The Morgan fingerprint density at radius 3 is 1.67 bits per heavy atom. The molecule has 0 fully saturated rings. The summed E-state index contributed by atoms with van der Waals surface area (Å²) in [6.45, 7) is 4.81. The van der Waals surface area contributed by atoms with E-state index >= 15 is 0 Å². The molecule has 0 unspecified atom stereocenters. The summed E-state index contributed by atoms with van der Waals surface area (Å²) in [6.07, 6.45) is 0. The van der Waals surface area contributed by atoms with Gasteiger partial charge in [-0.25, -0.2) is 9.97 Å². The molecule has 246 valence electrons. The Morgan fingerprint density at radius 2 is 0.981 bits per heavy atom. The van der Waals surface area contributed by atoms with Gasteiger partial charge in [0.1, 0.15) is 10.0 Å². The summed E-state index contributed by atoms with van der Waals surface area (Å²) < 4.78 is 5.11. The van der Waals surface area contributed by atoms with Crippen molar-refractivity contribution in [1.29, 1.82) is 0 Å². The summed E-state index contributed by atoms with van der Waals surface area (Å²) in [7, 11) is 0. The third kappa shape index (κ3) is 4.60. The predicted octanol–water partition coefficient (Wildman–Crippen LogP) is 14.2. The van der Waals surface area contributed by atoms with E-state index in [9.17, 15) is 0 Å². The lowest BCUT2D eigenvalue weighted by molar-refractivity contribution is 0.667. The van der Waals surface area contributed by atoms with Crippen LogP contribution in [0.1, 0.15) is 25.0 Å². The number of fused-ring (bicyclic) bond motifs is 9. The van der Waals surface area contributed by atoms with Crippen molar-refractivity contribution < 1.29 is 0 Å². The third-order valence-corrected chi connectivity index (χ3v) is 14.0. The number of hydrogen-bond donors (Lipinski definition) is 0. The van der Waals surface area contributed by atoms with E-state index in [1.165, 1.54) is 68.5 Å². The molecule has 0 spiro atoms. The molecule has 0 saturated heterocycles. The Labute approximate surface area is 313 Å². The van der Waals surface area contributed by atoms with Crippen LogP contribution in [0.5, 0.6) is 0 Å². The van der Waals surface area contributed by atoms with Crippen molar-refractivity contribution in [2.75, 3.05) is 0 Å². The van der Waals surface area contributed by atoms with Gasteiger partial charge in [-0.05, 0) is 111 Å². The zero-order valence-corrected chi connectivity index (χ0v) is 30.9. The maximum atomic E-state index is 5.06. The largest absolute Gasteiger partial charge is 0.236 e. The summed E-state index contributed by atoms with van der Waals surface area (Å²) in [5.74, 6) is 0. The molecule has 5 heteroatoms. The minimum atomic E-state index is -0.126. The molecule has 1 aliphatic rings.